The predicted octanol–water partition coefficient (Wildman–Crippen LogP) is 3.85. The summed E-state index contributed by atoms with van der Waals surface area (Å²) in [7, 11) is 2.24. The van der Waals surface area contributed by atoms with Crippen molar-refractivity contribution in [2.24, 2.45) is 0 Å². The maximum atomic E-state index is 12.7. The number of carbonyl (C=O) groups is 1. The molecule has 26 heavy (non-hydrogen) atoms. The lowest BCUT2D eigenvalue weighted by Gasteiger charge is -2.49. The molecule has 1 spiro atoms. The molecule has 2 aromatic heterocycles. The second-order valence-corrected chi connectivity index (χ2v) is 8.31. The Kier molecular flexibility index (Phi) is 3.69. The van der Waals surface area contributed by atoms with E-state index in [-0.39, 0.29) is 11.4 Å². The minimum Gasteiger partial charge on any atom is -0.357 e. The lowest BCUT2D eigenvalue weighted by molar-refractivity contribution is 0.0232. The zero-order valence-electron chi connectivity index (χ0n) is 15.0. The van der Waals surface area contributed by atoms with E-state index in [2.05, 4.69) is 41.2 Å². The number of aromatic amines is 1. The van der Waals surface area contributed by atoms with Crippen LogP contribution in [0.2, 0.25) is 0 Å². The summed E-state index contributed by atoms with van der Waals surface area (Å²) in [5, 5.41) is 5.30. The highest BCUT2D eigenvalue weighted by Gasteiger charge is 2.45. The number of para-hydroxylation sites is 1. The van der Waals surface area contributed by atoms with Gasteiger partial charge in [-0.2, -0.15) is 11.3 Å². The van der Waals surface area contributed by atoms with Gasteiger partial charge in [-0.1, -0.05) is 18.2 Å². The molecule has 2 aliphatic heterocycles. The van der Waals surface area contributed by atoms with Crippen LogP contribution in [0.25, 0.3) is 10.9 Å². The zero-order valence-corrected chi connectivity index (χ0v) is 15.8. The van der Waals surface area contributed by atoms with Gasteiger partial charge in [0.15, 0.2) is 0 Å². The molecule has 0 aliphatic carbocycles. The summed E-state index contributed by atoms with van der Waals surface area (Å²) in [6, 6.07) is 10.6. The number of piperidine rings is 1. The van der Waals surface area contributed by atoms with Crippen molar-refractivity contribution in [2.45, 2.75) is 24.8 Å². The summed E-state index contributed by atoms with van der Waals surface area (Å²) >= 11 is 1.59. The lowest BCUT2D eigenvalue weighted by atomic mass is 9.78. The number of nitrogens with one attached hydrogen (secondary N) is 1. The third-order valence-electron chi connectivity index (χ3n) is 6.35. The number of likely N-dealkylation sites (N-methyl/N-ethyl adjacent to an activating group) is 1. The van der Waals surface area contributed by atoms with Crippen LogP contribution in [0.5, 0.6) is 0 Å². The van der Waals surface area contributed by atoms with Crippen LogP contribution < -0.4 is 0 Å². The van der Waals surface area contributed by atoms with Crippen molar-refractivity contribution in [3.8, 4) is 0 Å². The highest BCUT2D eigenvalue weighted by atomic mass is 32.1. The van der Waals surface area contributed by atoms with Gasteiger partial charge in [-0.15, -0.1) is 0 Å². The molecule has 1 fully saturated rings. The predicted molar refractivity (Wildman–Crippen MR) is 106 cm³/mol. The van der Waals surface area contributed by atoms with E-state index in [1.54, 1.807) is 11.3 Å². The van der Waals surface area contributed by atoms with Crippen LogP contribution in [0.15, 0.2) is 41.1 Å². The van der Waals surface area contributed by atoms with E-state index < -0.39 is 0 Å². The minimum atomic E-state index is 0.0258. The van der Waals surface area contributed by atoms with Crippen LogP contribution in [-0.2, 0) is 12.0 Å². The van der Waals surface area contributed by atoms with E-state index in [0.29, 0.717) is 0 Å². The van der Waals surface area contributed by atoms with Crippen molar-refractivity contribution in [1.82, 2.24) is 14.8 Å². The third-order valence-corrected chi connectivity index (χ3v) is 7.04. The Labute approximate surface area is 157 Å². The van der Waals surface area contributed by atoms with E-state index in [4.69, 9.17) is 0 Å². The molecule has 4 nitrogen and oxygen atoms in total. The molecule has 1 N–H and O–H groups in total. The molecule has 1 saturated heterocycles. The molecule has 0 bridgehead atoms. The normalized spacial score (nSPS) is 19.8. The van der Waals surface area contributed by atoms with Gasteiger partial charge in [0.25, 0.3) is 5.91 Å². The van der Waals surface area contributed by atoms with Gasteiger partial charge in [0.1, 0.15) is 0 Å². The summed E-state index contributed by atoms with van der Waals surface area (Å²) in [6.07, 6.45) is 3.06. The van der Waals surface area contributed by atoms with Gasteiger partial charge in [0.05, 0.1) is 11.1 Å². The Morgan fingerprint density at radius 3 is 2.73 bits per heavy atom. The van der Waals surface area contributed by atoms with E-state index in [1.807, 2.05) is 21.7 Å². The number of hydrogen-bond acceptors (Lipinski definition) is 3. The van der Waals surface area contributed by atoms with Crippen molar-refractivity contribution in [2.75, 3.05) is 26.7 Å². The summed E-state index contributed by atoms with van der Waals surface area (Å²) in [5.74, 6) is 0.177. The van der Waals surface area contributed by atoms with E-state index in [1.165, 1.54) is 22.2 Å². The van der Waals surface area contributed by atoms with Crippen LogP contribution >= 0.6 is 11.3 Å². The van der Waals surface area contributed by atoms with Gasteiger partial charge >= 0.3 is 0 Å². The maximum Gasteiger partial charge on any atom is 0.254 e. The highest BCUT2D eigenvalue weighted by Crippen LogP contribution is 2.44. The molecule has 1 aromatic carbocycles. The second kappa shape index (κ2) is 5.96. The van der Waals surface area contributed by atoms with Gasteiger partial charge in [-0.25, -0.2) is 0 Å². The molecule has 0 saturated carbocycles. The number of likely N-dealkylation sites (tertiary alicyclic amines) is 1. The first-order valence-corrected chi connectivity index (χ1v) is 10.3. The molecule has 3 aromatic rings. The zero-order chi connectivity index (χ0) is 17.7. The average molecular weight is 366 g/mol. The number of nitrogens with zero attached hydrogens (tertiary/aromatic N) is 2. The monoisotopic (exact) mass is 365 g/mol. The van der Waals surface area contributed by atoms with Gasteiger partial charge in [0, 0.05) is 41.6 Å². The first-order valence-electron chi connectivity index (χ1n) is 9.32. The van der Waals surface area contributed by atoms with Gasteiger partial charge < -0.3 is 9.88 Å². The van der Waals surface area contributed by atoms with E-state index >= 15 is 0 Å². The standard InChI is InChI=1S/C21H23N3OS/c1-23-10-6-17-16-4-2-3-5-18(16)22-19(17)21(23)8-11-24(12-9-21)20(25)15-7-13-26-14-15/h2-5,7,13-14,22H,6,8-12H2,1H3. The maximum absolute atomic E-state index is 12.7. The van der Waals surface area contributed by atoms with Crippen molar-refractivity contribution in [3.05, 3.63) is 57.9 Å². The van der Waals surface area contributed by atoms with Crippen LogP contribution in [0, 0.1) is 0 Å². The largest absolute Gasteiger partial charge is 0.357 e. The Morgan fingerprint density at radius 2 is 1.96 bits per heavy atom. The SMILES string of the molecule is CN1CCc2c([nH]c3ccccc23)C12CCN(C(=O)c1ccsc1)CC2. The summed E-state index contributed by atoms with van der Waals surface area (Å²) < 4.78 is 0. The Balaban J connectivity index is 1.48. The van der Waals surface area contributed by atoms with Crippen LogP contribution in [0.3, 0.4) is 0 Å². The molecule has 0 radical (unpaired) electrons. The number of benzene rings is 1. The third kappa shape index (κ3) is 2.27. The molecule has 2 aliphatic rings. The van der Waals surface area contributed by atoms with Gasteiger partial charge in [0.2, 0.25) is 0 Å². The summed E-state index contributed by atoms with van der Waals surface area (Å²) in [4.78, 5) is 21.0. The second-order valence-electron chi connectivity index (χ2n) is 7.53. The molecule has 5 rings (SSSR count). The molecular formula is C21H23N3OS. The fourth-order valence-corrected chi connectivity index (χ4v) is 5.45. The van der Waals surface area contributed by atoms with Crippen LogP contribution in [0.1, 0.15) is 34.5 Å². The number of carbonyl (C=O) groups excluding carboxylic acids is 1. The molecule has 0 unspecified atom stereocenters. The Hall–Kier alpha value is -2.11. The summed E-state index contributed by atoms with van der Waals surface area (Å²) in [6.45, 7) is 2.70. The first kappa shape index (κ1) is 16.1. The number of fused-ring (bicyclic) bond motifs is 4. The quantitative estimate of drug-likeness (QED) is 0.711. The van der Waals surface area contributed by atoms with Gasteiger partial charge in [-0.3, -0.25) is 9.69 Å². The molecule has 1 amide bonds. The number of aromatic nitrogens is 1. The number of amides is 1. The number of H-pyrrole nitrogens is 1. The van der Waals surface area contributed by atoms with Crippen LogP contribution in [-0.4, -0.2) is 47.4 Å². The topological polar surface area (TPSA) is 39.3 Å². The van der Waals surface area contributed by atoms with Crippen molar-refractivity contribution >= 4 is 28.1 Å². The molecule has 4 heterocycles. The molecular weight excluding hydrogens is 342 g/mol. The fraction of sp³-hybridized carbons (Fsp3) is 0.381. The van der Waals surface area contributed by atoms with E-state index in [9.17, 15) is 4.79 Å². The Bertz CT molecular complexity index is 951. The van der Waals surface area contributed by atoms with Gasteiger partial charge in [-0.05, 0) is 49.4 Å². The smallest absolute Gasteiger partial charge is 0.254 e. The molecule has 5 heteroatoms. The summed E-state index contributed by atoms with van der Waals surface area (Å²) in [5.41, 5.74) is 4.96. The molecule has 0 atom stereocenters. The van der Waals surface area contributed by atoms with Crippen LogP contribution in [0.4, 0.5) is 0 Å². The molecule has 134 valence electrons. The number of thiophene rings is 1. The van der Waals surface area contributed by atoms with E-state index in [0.717, 1.165) is 44.5 Å². The minimum absolute atomic E-state index is 0.0258. The number of rotatable bonds is 1. The van der Waals surface area contributed by atoms with Crippen molar-refractivity contribution < 1.29 is 4.79 Å². The average Bonchev–Trinajstić information content (AvgIpc) is 3.33. The lowest BCUT2D eigenvalue weighted by Crippen LogP contribution is -2.55. The number of hydrogen-bond donors (Lipinski definition) is 1. The Morgan fingerprint density at radius 1 is 1.15 bits per heavy atom. The van der Waals surface area contributed by atoms with Crippen molar-refractivity contribution in [1.29, 1.82) is 0 Å². The first-order chi connectivity index (χ1) is 12.7. The van der Waals surface area contributed by atoms with Crippen molar-refractivity contribution in [3.63, 3.8) is 0 Å². The fourth-order valence-electron chi connectivity index (χ4n) is 4.82. The highest BCUT2D eigenvalue weighted by molar-refractivity contribution is 7.08.